The number of hydrogen-bond donors (Lipinski definition) is 0. The fraction of sp³-hybridized carbons (Fsp3) is 0.579. The molecule has 3 rings (SSSR count). The maximum atomic E-state index is 13.0. The maximum absolute atomic E-state index is 13.0. The molecule has 2 amide bonds. The number of hydrogen-bond acceptors (Lipinski definition) is 4. The van der Waals surface area contributed by atoms with Gasteiger partial charge >= 0.3 is 0 Å². The van der Waals surface area contributed by atoms with Gasteiger partial charge in [0.2, 0.25) is 11.8 Å². The highest BCUT2D eigenvalue weighted by molar-refractivity contribution is 5.80. The van der Waals surface area contributed by atoms with Crippen LogP contribution in [0.1, 0.15) is 31.4 Å². The Balaban J connectivity index is 1.83. The molecule has 0 saturated carbocycles. The van der Waals surface area contributed by atoms with E-state index in [1.165, 1.54) is 12.8 Å². The molecule has 0 N–H and O–H groups in total. The van der Waals surface area contributed by atoms with Gasteiger partial charge in [0.15, 0.2) is 0 Å². The monoisotopic (exact) mass is 345 g/mol. The van der Waals surface area contributed by atoms with Crippen LogP contribution in [-0.2, 0) is 9.59 Å². The average Bonchev–Trinajstić information content (AvgIpc) is 3.14. The van der Waals surface area contributed by atoms with Crippen LogP contribution in [-0.4, -0.2) is 72.9 Å². The van der Waals surface area contributed by atoms with Gasteiger partial charge in [0.25, 0.3) is 0 Å². The fourth-order valence-electron chi connectivity index (χ4n) is 3.80. The quantitative estimate of drug-likeness (QED) is 0.830. The Kier molecular flexibility index (Phi) is 5.58. The van der Waals surface area contributed by atoms with Crippen molar-refractivity contribution in [2.24, 2.45) is 0 Å². The predicted molar refractivity (Wildman–Crippen MR) is 95.4 cm³/mol. The number of ether oxygens (including phenoxy) is 1. The second-order valence-electron chi connectivity index (χ2n) is 6.79. The van der Waals surface area contributed by atoms with Crippen molar-refractivity contribution in [3.8, 4) is 5.75 Å². The summed E-state index contributed by atoms with van der Waals surface area (Å²) in [6.07, 6.45) is 2.34. The second-order valence-corrected chi connectivity index (χ2v) is 6.79. The van der Waals surface area contributed by atoms with Crippen molar-refractivity contribution in [1.29, 1.82) is 0 Å². The number of methoxy groups -OCH3 is 1. The lowest BCUT2D eigenvalue weighted by Gasteiger charge is -2.42. The van der Waals surface area contributed by atoms with E-state index in [9.17, 15) is 9.59 Å². The van der Waals surface area contributed by atoms with Crippen LogP contribution in [0, 0.1) is 0 Å². The second kappa shape index (κ2) is 7.87. The highest BCUT2D eigenvalue weighted by Crippen LogP contribution is 2.32. The third-order valence-corrected chi connectivity index (χ3v) is 5.20. The van der Waals surface area contributed by atoms with Gasteiger partial charge in [-0.1, -0.05) is 18.2 Å². The van der Waals surface area contributed by atoms with Crippen LogP contribution in [0.5, 0.6) is 5.75 Å². The Morgan fingerprint density at radius 2 is 1.84 bits per heavy atom. The SMILES string of the molecule is COc1ccccc1C1CN(C(C)=O)CCN1C(=O)CN1CCCC1. The zero-order chi connectivity index (χ0) is 17.8. The van der Waals surface area contributed by atoms with Crippen molar-refractivity contribution in [1.82, 2.24) is 14.7 Å². The molecule has 2 fully saturated rings. The summed E-state index contributed by atoms with van der Waals surface area (Å²) in [6, 6.07) is 7.61. The van der Waals surface area contributed by atoms with E-state index in [-0.39, 0.29) is 17.9 Å². The van der Waals surface area contributed by atoms with Crippen molar-refractivity contribution >= 4 is 11.8 Å². The van der Waals surface area contributed by atoms with Crippen LogP contribution in [0.25, 0.3) is 0 Å². The van der Waals surface area contributed by atoms with Gasteiger partial charge in [0, 0.05) is 32.1 Å². The molecule has 25 heavy (non-hydrogen) atoms. The molecule has 0 aliphatic carbocycles. The summed E-state index contributed by atoms with van der Waals surface area (Å²) in [5, 5.41) is 0. The number of carbonyl (C=O) groups is 2. The largest absolute Gasteiger partial charge is 0.496 e. The molecule has 0 aromatic heterocycles. The number of benzene rings is 1. The Morgan fingerprint density at radius 3 is 2.52 bits per heavy atom. The van der Waals surface area contributed by atoms with Crippen molar-refractivity contribution in [2.75, 3.05) is 46.4 Å². The van der Waals surface area contributed by atoms with Crippen molar-refractivity contribution < 1.29 is 14.3 Å². The highest BCUT2D eigenvalue weighted by Gasteiger charge is 2.34. The number of rotatable bonds is 4. The zero-order valence-corrected chi connectivity index (χ0v) is 15.1. The number of nitrogens with zero attached hydrogens (tertiary/aromatic N) is 3. The predicted octanol–water partition coefficient (Wildman–Crippen LogP) is 1.52. The highest BCUT2D eigenvalue weighted by atomic mass is 16.5. The van der Waals surface area contributed by atoms with E-state index in [4.69, 9.17) is 4.74 Å². The molecule has 0 spiro atoms. The number of amides is 2. The van der Waals surface area contributed by atoms with Gasteiger partial charge in [-0.15, -0.1) is 0 Å². The first-order valence-corrected chi connectivity index (χ1v) is 9.00. The molecule has 136 valence electrons. The summed E-state index contributed by atoms with van der Waals surface area (Å²) in [5.74, 6) is 0.949. The van der Waals surface area contributed by atoms with Gasteiger partial charge in [0.05, 0.1) is 19.7 Å². The molecule has 1 unspecified atom stereocenters. The Hall–Kier alpha value is -2.08. The number of piperazine rings is 1. The van der Waals surface area contributed by atoms with Crippen LogP contribution < -0.4 is 4.74 Å². The fourth-order valence-corrected chi connectivity index (χ4v) is 3.80. The first-order valence-electron chi connectivity index (χ1n) is 9.00. The number of para-hydroxylation sites is 1. The summed E-state index contributed by atoms with van der Waals surface area (Å²) >= 11 is 0. The Morgan fingerprint density at radius 1 is 1.12 bits per heavy atom. The molecule has 1 aromatic rings. The van der Waals surface area contributed by atoms with E-state index < -0.39 is 0 Å². The molecule has 1 atom stereocenters. The smallest absolute Gasteiger partial charge is 0.237 e. The van der Waals surface area contributed by atoms with Crippen molar-refractivity contribution in [3.63, 3.8) is 0 Å². The first kappa shape index (κ1) is 17.7. The van der Waals surface area contributed by atoms with E-state index in [0.717, 1.165) is 24.4 Å². The molecule has 6 nitrogen and oxygen atoms in total. The van der Waals surface area contributed by atoms with Gasteiger partial charge in [-0.05, 0) is 32.0 Å². The lowest BCUT2D eigenvalue weighted by Crippen LogP contribution is -2.53. The lowest BCUT2D eigenvalue weighted by atomic mass is 10.0. The van der Waals surface area contributed by atoms with E-state index in [0.29, 0.717) is 26.2 Å². The van der Waals surface area contributed by atoms with Crippen LogP contribution in [0.3, 0.4) is 0 Å². The molecule has 1 aromatic carbocycles. The van der Waals surface area contributed by atoms with E-state index in [1.54, 1.807) is 14.0 Å². The van der Waals surface area contributed by atoms with E-state index in [2.05, 4.69) is 4.90 Å². The number of carbonyl (C=O) groups excluding carboxylic acids is 2. The van der Waals surface area contributed by atoms with Gasteiger partial charge in [-0.2, -0.15) is 0 Å². The summed E-state index contributed by atoms with van der Waals surface area (Å²) in [7, 11) is 1.64. The van der Waals surface area contributed by atoms with Gasteiger partial charge in [-0.25, -0.2) is 0 Å². The van der Waals surface area contributed by atoms with Crippen LogP contribution in [0.2, 0.25) is 0 Å². The Bertz CT molecular complexity index is 628. The third-order valence-electron chi connectivity index (χ3n) is 5.20. The summed E-state index contributed by atoms with van der Waals surface area (Å²) < 4.78 is 5.50. The molecular weight excluding hydrogens is 318 g/mol. The molecule has 0 bridgehead atoms. The van der Waals surface area contributed by atoms with Gasteiger partial charge in [-0.3, -0.25) is 14.5 Å². The zero-order valence-electron chi connectivity index (χ0n) is 15.1. The summed E-state index contributed by atoms with van der Waals surface area (Å²) in [5.41, 5.74) is 0.964. The lowest BCUT2D eigenvalue weighted by molar-refractivity contribution is -0.142. The third kappa shape index (κ3) is 3.95. The van der Waals surface area contributed by atoms with E-state index in [1.807, 2.05) is 34.1 Å². The standard InChI is InChI=1S/C19H27N3O3/c1-15(23)21-11-12-22(19(24)14-20-9-5-6-10-20)17(13-21)16-7-3-4-8-18(16)25-2/h3-4,7-8,17H,5-6,9-14H2,1-2H3. The molecular formula is C19H27N3O3. The molecule has 2 aliphatic heterocycles. The summed E-state index contributed by atoms with van der Waals surface area (Å²) in [6.45, 7) is 5.72. The molecule has 0 radical (unpaired) electrons. The average molecular weight is 345 g/mol. The van der Waals surface area contributed by atoms with E-state index >= 15 is 0 Å². The minimum Gasteiger partial charge on any atom is -0.496 e. The van der Waals surface area contributed by atoms with Gasteiger partial charge in [0.1, 0.15) is 5.75 Å². The molecule has 2 aliphatic rings. The summed E-state index contributed by atoms with van der Waals surface area (Å²) in [4.78, 5) is 30.8. The topological polar surface area (TPSA) is 53.1 Å². The Labute approximate surface area is 149 Å². The van der Waals surface area contributed by atoms with Crippen LogP contribution in [0.15, 0.2) is 24.3 Å². The van der Waals surface area contributed by atoms with Crippen LogP contribution in [0.4, 0.5) is 0 Å². The number of likely N-dealkylation sites (tertiary alicyclic amines) is 1. The molecule has 2 heterocycles. The first-order chi connectivity index (χ1) is 12.1. The normalized spacial score (nSPS) is 21.4. The maximum Gasteiger partial charge on any atom is 0.237 e. The van der Waals surface area contributed by atoms with Crippen molar-refractivity contribution in [2.45, 2.75) is 25.8 Å². The van der Waals surface area contributed by atoms with Crippen LogP contribution >= 0.6 is 0 Å². The van der Waals surface area contributed by atoms with Crippen molar-refractivity contribution in [3.05, 3.63) is 29.8 Å². The van der Waals surface area contributed by atoms with Gasteiger partial charge < -0.3 is 14.5 Å². The molecule has 6 heteroatoms. The minimum atomic E-state index is -0.163. The minimum absolute atomic E-state index is 0.0477. The molecule has 2 saturated heterocycles.